The van der Waals surface area contributed by atoms with Crippen molar-refractivity contribution in [3.05, 3.63) is 142 Å². The molecule has 0 aliphatic heterocycles. The zero-order chi connectivity index (χ0) is 29.7. The Morgan fingerprint density at radius 3 is 1.66 bits per heavy atom. The first-order valence-corrected chi connectivity index (χ1v) is 15.9. The molecule has 0 amide bonds. The average Bonchev–Trinajstić information content (AvgIpc) is 3.04. The largest absolute Gasteiger partial charge is 0.487 e. The number of hydrogen-bond acceptors (Lipinski definition) is 4. The Hall–Kier alpha value is -4.12. The van der Waals surface area contributed by atoms with Crippen LogP contribution in [0.25, 0.3) is 21.8 Å². The molecule has 218 valence electrons. The minimum Gasteiger partial charge on any atom is -0.487 e. The van der Waals surface area contributed by atoms with Crippen molar-refractivity contribution in [1.82, 2.24) is 9.97 Å². The lowest BCUT2D eigenvalue weighted by Gasteiger charge is -2.65. The highest BCUT2D eigenvalue weighted by molar-refractivity contribution is 6.31. The summed E-state index contributed by atoms with van der Waals surface area (Å²) < 4.78 is 12.2. The number of benzene rings is 4. The minimum atomic E-state index is 0.219. The second-order valence-corrected chi connectivity index (χ2v) is 12.9. The molecule has 2 aliphatic carbocycles. The quantitative estimate of drug-likeness (QED) is 0.171. The highest BCUT2D eigenvalue weighted by Gasteiger charge is 2.61. The van der Waals surface area contributed by atoms with Crippen LogP contribution >= 0.6 is 23.2 Å². The number of fused-ring (bicyclic) bond motifs is 3. The summed E-state index contributed by atoms with van der Waals surface area (Å²) in [6, 6.07) is 37.1. The number of rotatable bonds is 8. The summed E-state index contributed by atoms with van der Waals surface area (Å²) in [6.07, 6.45) is 3.76. The van der Waals surface area contributed by atoms with Gasteiger partial charge in [0.15, 0.2) is 0 Å². The zero-order valence-electron chi connectivity index (χ0n) is 24.0. The number of aromatic nitrogens is 2. The van der Waals surface area contributed by atoms with Gasteiger partial charge in [0.2, 0.25) is 0 Å². The third-order valence-corrected chi connectivity index (χ3v) is 10.1. The standard InChI is InChI=1S/C38H30Cl2N2O2/c39-29-9-1-25-3-11-31(41-36(25)20-29)22-43-33-13-5-24(6-14-33)35-19-28-17-18-38(28,35)27-7-15-34(16-8-27)44-23-32-12-4-26-2-10-30(40)21-37(26)42-32/h1-16,20-21,28,35H,17-19,22-23H2. The van der Waals surface area contributed by atoms with Gasteiger partial charge in [-0.2, -0.15) is 0 Å². The Bertz CT molecular complexity index is 1990. The van der Waals surface area contributed by atoms with E-state index in [0.29, 0.717) is 29.2 Å². The van der Waals surface area contributed by atoms with Crippen LogP contribution in [0.4, 0.5) is 0 Å². The molecule has 0 spiro atoms. The molecular weight excluding hydrogens is 587 g/mol. The summed E-state index contributed by atoms with van der Waals surface area (Å²) in [4.78, 5) is 9.42. The maximum atomic E-state index is 6.15. The van der Waals surface area contributed by atoms with Crippen molar-refractivity contribution in [2.45, 2.75) is 43.8 Å². The molecule has 2 aliphatic rings. The molecule has 44 heavy (non-hydrogen) atoms. The summed E-state index contributed by atoms with van der Waals surface area (Å²) >= 11 is 12.3. The lowest BCUT2D eigenvalue weighted by molar-refractivity contribution is -0.0251. The van der Waals surface area contributed by atoms with Gasteiger partial charge in [0.05, 0.1) is 22.4 Å². The topological polar surface area (TPSA) is 44.2 Å². The molecule has 0 radical (unpaired) electrons. The Labute approximate surface area is 266 Å². The van der Waals surface area contributed by atoms with Gasteiger partial charge < -0.3 is 9.47 Å². The lowest BCUT2D eigenvalue weighted by Crippen LogP contribution is -2.58. The summed E-state index contributed by atoms with van der Waals surface area (Å²) in [5.74, 6) is 2.97. The van der Waals surface area contributed by atoms with Gasteiger partial charge in [-0.3, -0.25) is 0 Å². The van der Waals surface area contributed by atoms with E-state index in [9.17, 15) is 0 Å². The van der Waals surface area contributed by atoms with Gasteiger partial charge >= 0.3 is 0 Å². The van der Waals surface area contributed by atoms with E-state index in [0.717, 1.165) is 50.6 Å². The Kier molecular flexibility index (Phi) is 6.92. The van der Waals surface area contributed by atoms with Crippen molar-refractivity contribution >= 4 is 45.0 Å². The fraction of sp³-hybridized carbons (Fsp3) is 0.211. The molecule has 6 heteroatoms. The van der Waals surface area contributed by atoms with E-state index in [1.807, 2.05) is 48.5 Å². The summed E-state index contributed by atoms with van der Waals surface area (Å²) in [5, 5.41) is 3.51. The smallest absolute Gasteiger partial charge is 0.130 e. The third-order valence-electron chi connectivity index (χ3n) is 9.65. The van der Waals surface area contributed by atoms with Gasteiger partial charge in [-0.25, -0.2) is 9.97 Å². The van der Waals surface area contributed by atoms with Gasteiger partial charge in [-0.15, -0.1) is 0 Å². The molecule has 2 saturated carbocycles. The molecule has 8 rings (SSSR count). The van der Waals surface area contributed by atoms with Crippen LogP contribution in [0.3, 0.4) is 0 Å². The number of hydrogen-bond donors (Lipinski definition) is 0. The van der Waals surface area contributed by atoms with E-state index in [1.165, 1.54) is 30.4 Å². The first kappa shape index (κ1) is 27.4. The van der Waals surface area contributed by atoms with E-state index in [2.05, 4.69) is 60.7 Å². The highest BCUT2D eigenvalue weighted by Crippen LogP contribution is 2.69. The maximum Gasteiger partial charge on any atom is 0.130 e. The van der Waals surface area contributed by atoms with Crippen molar-refractivity contribution in [3.8, 4) is 11.5 Å². The normalized spacial score (nSPS) is 20.5. The van der Waals surface area contributed by atoms with Crippen molar-refractivity contribution in [3.63, 3.8) is 0 Å². The predicted molar refractivity (Wildman–Crippen MR) is 177 cm³/mol. The molecule has 0 N–H and O–H groups in total. The summed E-state index contributed by atoms with van der Waals surface area (Å²) in [5.41, 5.74) is 6.54. The predicted octanol–water partition coefficient (Wildman–Crippen LogP) is 10.1. The second kappa shape index (κ2) is 11.1. The molecule has 6 aromatic rings. The number of pyridine rings is 2. The Morgan fingerprint density at radius 2 is 1.16 bits per heavy atom. The van der Waals surface area contributed by atoms with E-state index in [4.69, 9.17) is 42.6 Å². The van der Waals surface area contributed by atoms with E-state index >= 15 is 0 Å². The van der Waals surface area contributed by atoms with Gasteiger partial charge in [0.25, 0.3) is 0 Å². The fourth-order valence-corrected chi connectivity index (χ4v) is 7.53. The van der Waals surface area contributed by atoms with Crippen LogP contribution in [0, 0.1) is 5.92 Å². The van der Waals surface area contributed by atoms with Crippen LogP contribution in [0.1, 0.15) is 47.7 Å². The molecule has 3 unspecified atom stereocenters. The molecular formula is C38H30Cl2N2O2. The maximum absolute atomic E-state index is 6.15. The van der Waals surface area contributed by atoms with Crippen LogP contribution in [0.5, 0.6) is 11.5 Å². The molecule has 0 saturated heterocycles. The number of ether oxygens (including phenoxy) is 2. The second-order valence-electron chi connectivity index (χ2n) is 12.0. The molecule has 0 bridgehead atoms. The van der Waals surface area contributed by atoms with E-state index in [-0.39, 0.29) is 5.41 Å². The molecule has 3 atom stereocenters. The first-order chi connectivity index (χ1) is 21.5. The first-order valence-electron chi connectivity index (χ1n) is 15.1. The van der Waals surface area contributed by atoms with E-state index in [1.54, 1.807) is 0 Å². The Balaban J connectivity index is 0.922. The van der Waals surface area contributed by atoms with Gasteiger partial charge in [-0.1, -0.05) is 71.7 Å². The Morgan fingerprint density at radius 1 is 0.636 bits per heavy atom. The fourth-order valence-electron chi connectivity index (χ4n) is 7.19. The number of halogens is 2. The average molecular weight is 618 g/mol. The highest BCUT2D eigenvalue weighted by atomic mass is 35.5. The molecule has 2 fully saturated rings. The van der Waals surface area contributed by atoms with E-state index < -0.39 is 0 Å². The summed E-state index contributed by atoms with van der Waals surface area (Å²) in [6.45, 7) is 0.828. The third kappa shape index (κ3) is 4.96. The number of nitrogens with zero attached hydrogens (tertiary/aromatic N) is 2. The minimum absolute atomic E-state index is 0.219. The van der Waals surface area contributed by atoms with Gasteiger partial charge in [0, 0.05) is 26.2 Å². The van der Waals surface area contributed by atoms with Crippen molar-refractivity contribution in [2.75, 3.05) is 0 Å². The van der Waals surface area contributed by atoms with Gasteiger partial charge in [0.1, 0.15) is 24.7 Å². The van der Waals surface area contributed by atoms with Crippen LogP contribution < -0.4 is 9.47 Å². The molecule has 4 nitrogen and oxygen atoms in total. The van der Waals surface area contributed by atoms with Crippen molar-refractivity contribution < 1.29 is 9.47 Å². The molecule has 2 heterocycles. The van der Waals surface area contributed by atoms with Crippen LogP contribution in [0.2, 0.25) is 10.0 Å². The van der Waals surface area contributed by atoms with Crippen molar-refractivity contribution in [2.24, 2.45) is 5.92 Å². The van der Waals surface area contributed by atoms with Gasteiger partial charge in [-0.05, 0) is 103 Å². The SMILES string of the molecule is Clc1ccc2ccc(COc3ccc(C4CC5CCC54c4ccc(OCc5ccc6ccc(Cl)cc6n5)cc4)cc3)nc2c1. The molecule has 4 aromatic carbocycles. The summed E-state index contributed by atoms with van der Waals surface area (Å²) in [7, 11) is 0. The van der Waals surface area contributed by atoms with Crippen molar-refractivity contribution in [1.29, 1.82) is 0 Å². The monoisotopic (exact) mass is 616 g/mol. The van der Waals surface area contributed by atoms with Crippen LogP contribution in [-0.2, 0) is 18.6 Å². The van der Waals surface area contributed by atoms with Crippen LogP contribution in [0.15, 0.2) is 109 Å². The zero-order valence-corrected chi connectivity index (χ0v) is 25.6. The molecule has 2 aromatic heterocycles. The lowest BCUT2D eigenvalue weighted by atomic mass is 9.39. The van der Waals surface area contributed by atoms with Crippen LogP contribution in [-0.4, -0.2) is 9.97 Å².